The van der Waals surface area contributed by atoms with Gasteiger partial charge in [0.15, 0.2) is 5.82 Å². The van der Waals surface area contributed by atoms with E-state index in [1.165, 1.54) is 11.3 Å². The third-order valence-corrected chi connectivity index (χ3v) is 5.29. The first kappa shape index (κ1) is 16.1. The number of nitrogens with one attached hydrogen (secondary N) is 1. The maximum Gasteiger partial charge on any atom is 0.269 e. The molecule has 5 nitrogen and oxygen atoms in total. The Morgan fingerprint density at radius 1 is 1.20 bits per heavy atom. The van der Waals surface area contributed by atoms with Gasteiger partial charge in [0, 0.05) is 18.8 Å². The molecule has 0 radical (unpaired) electrons. The van der Waals surface area contributed by atoms with Gasteiger partial charge >= 0.3 is 0 Å². The Hall–Kier alpha value is -2.44. The van der Waals surface area contributed by atoms with E-state index in [1.54, 1.807) is 0 Å². The molecule has 6 heteroatoms. The van der Waals surface area contributed by atoms with Gasteiger partial charge in [-0.2, -0.15) is 0 Å². The molecule has 3 heterocycles. The summed E-state index contributed by atoms with van der Waals surface area (Å²) in [5.74, 6) is 0.734. The number of hydrogen-bond acceptors (Lipinski definition) is 4. The minimum absolute atomic E-state index is 0.0296. The lowest BCUT2D eigenvalue weighted by Gasteiger charge is -2.33. The first-order valence-corrected chi connectivity index (χ1v) is 9.40. The van der Waals surface area contributed by atoms with Crippen molar-refractivity contribution in [3.63, 3.8) is 0 Å². The van der Waals surface area contributed by atoms with Crippen LogP contribution in [0.1, 0.15) is 22.5 Å². The fourth-order valence-electron chi connectivity index (χ4n) is 3.20. The summed E-state index contributed by atoms with van der Waals surface area (Å²) in [6.07, 6.45) is 3.97. The second-order valence-corrected chi connectivity index (χ2v) is 7.05. The number of thiophene rings is 1. The van der Waals surface area contributed by atoms with Crippen molar-refractivity contribution in [2.45, 2.75) is 18.9 Å². The Bertz CT molecular complexity index is 822. The molecule has 1 N–H and O–H groups in total. The summed E-state index contributed by atoms with van der Waals surface area (Å²) in [4.78, 5) is 15.7. The average Bonchev–Trinajstić information content (AvgIpc) is 3.36. The quantitative estimate of drug-likeness (QED) is 0.783. The van der Waals surface area contributed by atoms with Gasteiger partial charge in [-0.15, -0.1) is 16.4 Å². The highest BCUT2D eigenvalue weighted by Gasteiger charge is 2.29. The van der Waals surface area contributed by atoms with Gasteiger partial charge < -0.3 is 5.32 Å². The zero-order valence-corrected chi connectivity index (χ0v) is 14.7. The topological polar surface area (TPSA) is 50.2 Å². The van der Waals surface area contributed by atoms with E-state index in [-0.39, 0.29) is 11.9 Å². The number of piperidine rings is 1. The zero-order valence-electron chi connectivity index (χ0n) is 13.8. The lowest BCUT2D eigenvalue weighted by atomic mass is 10.1. The highest BCUT2D eigenvalue weighted by molar-refractivity contribution is 7.12. The molecule has 25 heavy (non-hydrogen) atoms. The fourth-order valence-corrected chi connectivity index (χ4v) is 3.86. The van der Waals surface area contributed by atoms with Gasteiger partial charge in [0.25, 0.3) is 5.91 Å². The van der Waals surface area contributed by atoms with Crippen molar-refractivity contribution in [3.8, 4) is 5.69 Å². The summed E-state index contributed by atoms with van der Waals surface area (Å²) in [5, 5.41) is 10.0. The number of carbonyl (C=O) groups is 1. The smallest absolute Gasteiger partial charge is 0.269 e. The third-order valence-electron chi connectivity index (χ3n) is 4.43. The molecule has 0 aliphatic carbocycles. The molecule has 1 atom stereocenters. The molecule has 1 aromatic carbocycles. The molecule has 1 aliphatic heterocycles. The van der Waals surface area contributed by atoms with E-state index >= 15 is 0 Å². The molecule has 1 amide bonds. The van der Waals surface area contributed by atoms with Crippen molar-refractivity contribution >= 4 is 23.1 Å². The van der Waals surface area contributed by atoms with Crippen LogP contribution in [0.15, 0.2) is 60.1 Å². The molecular formula is C19H20N4OS. The van der Waals surface area contributed by atoms with Gasteiger partial charge in [-0.05, 0) is 43.0 Å². The van der Waals surface area contributed by atoms with Gasteiger partial charge in [0.05, 0.1) is 16.6 Å². The number of nitrogens with zero attached hydrogens (tertiary/aromatic N) is 3. The number of amides is 1. The number of hydrogen-bond donors (Lipinski definition) is 1. The highest BCUT2D eigenvalue weighted by atomic mass is 32.1. The number of aromatic nitrogens is 2. The number of para-hydroxylation sites is 1. The molecular weight excluding hydrogens is 332 g/mol. The van der Waals surface area contributed by atoms with Crippen LogP contribution in [0.4, 0.5) is 5.82 Å². The minimum Gasteiger partial charge on any atom is -0.315 e. The van der Waals surface area contributed by atoms with E-state index in [4.69, 9.17) is 0 Å². The first-order chi connectivity index (χ1) is 12.3. The van der Waals surface area contributed by atoms with Crippen LogP contribution in [0.5, 0.6) is 0 Å². The molecule has 0 saturated carbocycles. The van der Waals surface area contributed by atoms with Gasteiger partial charge in [-0.3, -0.25) is 9.69 Å². The number of benzene rings is 1. The van der Waals surface area contributed by atoms with Gasteiger partial charge in [-0.25, -0.2) is 4.68 Å². The zero-order chi connectivity index (χ0) is 17.1. The lowest BCUT2D eigenvalue weighted by Crippen LogP contribution is -2.49. The van der Waals surface area contributed by atoms with Crippen LogP contribution in [0, 0.1) is 0 Å². The molecule has 3 aromatic rings. The van der Waals surface area contributed by atoms with Gasteiger partial charge in [0.2, 0.25) is 0 Å². The minimum atomic E-state index is 0.0296. The number of carbonyl (C=O) groups excluding carboxylic acids is 1. The van der Waals surface area contributed by atoms with E-state index in [0.29, 0.717) is 5.82 Å². The summed E-state index contributed by atoms with van der Waals surface area (Å²) in [7, 11) is 0. The Labute approximate surface area is 150 Å². The Balaban J connectivity index is 1.68. The monoisotopic (exact) mass is 352 g/mol. The molecule has 2 aromatic heterocycles. The second-order valence-electron chi connectivity index (χ2n) is 6.11. The standard InChI is InChI=1S/C19H20N4OS/c24-19(17-9-5-13-25-17)23(16-8-4-11-20-14-16)18-10-12-22(21-18)15-6-2-1-3-7-15/h1-3,5-7,9-10,12-13,16,20H,4,8,11,14H2. The van der Waals surface area contributed by atoms with Crippen LogP contribution in [-0.4, -0.2) is 34.8 Å². The Morgan fingerprint density at radius 2 is 2.08 bits per heavy atom. The summed E-state index contributed by atoms with van der Waals surface area (Å²) in [6.45, 7) is 1.81. The third kappa shape index (κ3) is 3.36. The number of rotatable bonds is 4. The van der Waals surface area contributed by atoms with Crippen LogP contribution < -0.4 is 10.2 Å². The molecule has 1 unspecified atom stereocenters. The van der Waals surface area contributed by atoms with E-state index < -0.39 is 0 Å². The van der Waals surface area contributed by atoms with Crippen molar-refractivity contribution in [1.29, 1.82) is 0 Å². The maximum atomic E-state index is 13.1. The lowest BCUT2D eigenvalue weighted by molar-refractivity contribution is 0.0975. The van der Waals surface area contributed by atoms with E-state index in [9.17, 15) is 4.79 Å². The van der Waals surface area contributed by atoms with Crippen molar-refractivity contribution in [2.24, 2.45) is 0 Å². The molecule has 1 aliphatic rings. The van der Waals surface area contributed by atoms with Crippen LogP contribution in [-0.2, 0) is 0 Å². The van der Waals surface area contributed by atoms with Gasteiger partial charge in [0.1, 0.15) is 0 Å². The molecule has 4 rings (SSSR count). The van der Waals surface area contributed by atoms with E-state index in [2.05, 4.69) is 10.4 Å². The van der Waals surface area contributed by atoms with Crippen molar-refractivity contribution in [3.05, 3.63) is 65.0 Å². The van der Waals surface area contributed by atoms with Crippen LogP contribution in [0.3, 0.4) is 0 Å². The highest BCUT2D eigenvalue weighted by Crippen LogP contribution is 2.24. The predicted molar refractivity (Wildman–Crippen MR) is 101 cm³/mol. The summed E-state index contributed by atoms with van der Waals surface area (Å²) in [6, 6.07) is 15.8. The summed E-state index contributed by atoms with van der Waals surface area (Å²) in [5.41, 5.74) is 0.985. The van der Waals surface area contributed by atoms with Crippen LogP contribution >= 0.6 is 11.3 Å². The Kier molecular flexibility index (Phi) is 4.63. The average molecular weight is 352 g/mol. The predicted octanol–water partition coefficient (Wildman–Crippen LogP) is 3.33. The van der Waals surface area contributed by atoms with Crippen LogP contribution in [0.2, 0.25) is 0 Å². The molecule has 128 valence electrons. The molecule has 0 bridgehead atoms. The Morgan fingerprint density at radius 3 is 2.80 bits per heavy atom. The second kappa shape index (κ2) is 7.21. The molecule has 1 saturated heterocycles. The van der Waals surface area contributed by atoms with Crippen molar-refractivity contribution < 1.29 is 4.79 Å². The molecule has 1 fully saturated rings. The van der Waals surface area contributed by atoms with Gasteiger partial charge in [-0.1, -0.05) is 24.3 Å². The van der Waals surface area contributed by atoms with Crippen molar-refractivity contribution in [2.75, 3.05) is 18.0 Å². The maximum absolute atomic E-state index is 13.1. The van der Waals surface area contributed by atoms with E-state index in [1.807, 2.05) is 69.7 Å². The van der Waals surface area contributed by atoms with E-state index in [0.717, 1.165) is 36.5 Å². The molecule has 0 spiro atoms. The fraction of sp³-hybridized carbons (Fsp3) is 0.263. The summed E-state index contributed by atoms with van der Waals surface area (Å²) >= 11 is 1.48. The number of anilines is 1. The summed E-state index contributed by atoms with van der Waals surface area (Å²) < 4.78 is 1.82. The largest absolute Gasteiger partial charge is 0.315 e. The van der Waals surface area contributed by atoms with Crippen molar-refractivity contribution in [1.82, 2.24) is 15.1 Å². The normalized spacial score (nSPS) is 17.4. The SMILES string of the molecule is O=C(c1cccs1)N(c1ccn(-c2ccccc2)n1)C1CCCNC1. The first-order valence-electron chi connectivity index (χ1n) is 8.52. The van der Waals surface area contributed by atoms with Crippen LogP contribution in [0.25, 0.3) is 5.69 Å².